The lowest BCUT2D eigenvalue weighted by molar-refractivity contribution is 0.0768. The lowest BCUT2D eigenvalue weighted by Gasteiger charge is -2.34. The minimum atomic E-state index is -0.337. The van der Waals surface area contributed by atoms with Gasteiger partial charge in [0.05, 0.1) is 12.6 Å². The van der Waals surface area contributed by atoms with Gasteiger partial charge in [0.15, 0.2) is 5.82 Å². The smallest absolute Gasteiger partial charge is 0.170 e. The third-order valence-corrected chi connectivity index (χ3v) is 4.22. The normalized spacial score (nSPS) is 18.0. The van der Waals surface area contributed by atoms with Crippen LogP contribution in [0.2, 0.25) is 0 Å². The summed E-state index contributed by atoms with van der Waals surface area (Å²) < 4.78 is 15.6. The molecular formula is C16H23FN6O. The van der Waals surface area contributed by atoms with E-state index in [9.17, 15) is 9.50 Å². The van der Waals surface area contributed by atoms with Crippen LogP contribution >= 0.6 is 0 Å². The van der Waals surface area contributed by atoms with Crippen LogP contribution in [-0.2, 0) is 6.54 Å². The Morgan fingerprint density at radius 2 is 1.92 bits per heavy atom. The molecule has 0 aliphatic carbocycles. The van der Waals surface area contributed by atoms with Crippen molar-refractivity contribution in [2.45, 2.75) is 26.5 Å². The van der Waals surface area contributed by atoms with Gasteiger partial charge in [-0.15, -0.1) is 5.10 Å². The van der Waals surface area contributed by atoms with Crippen LogP contribution in [0.15, 0.2) is 18.2 Å². The molecule has 2 aromatic rings. The van der Waals surface area contributed by atoms with Crippen LogP contribution in [0.4, 0.5) is 4.39 Å². The SMILES string of the molecule is Cc1ccc(F)c(-n2nnnc2CN2CCN(CC(C)O)CC2)c1. The number of aliphatic hydroxyl groups excluding tert-OH is 1. The Morgan fingerprint density at radius 3 is 2.62 bits per heavy atom. The standard InChI is InChI=1S/C16H23FN6O/c1-12-3-4-14(17)15(9-12)23-16(18-19-20-23)11-22-7-5-21(6-8-22)10-13(2)24/h3-4,9,13,24H,5-8,10-11H2,1-2H3. The molecule has 1 aliphatic heterocycles. The molecule has 3 rings (SSSR count). The first-order valence-corrected chi connectivity index (χ1v) is 8.19. The molecule has 24 heavy (non-hydrogen) atoms. The summed E-state index contributed by atoms with van der Waals surface area (Å²) in [6, 6.07) is 4.91. The largest absolute Gasteiger partial charge is 0.392 e. The lowest BCUT2D eigenvalue weighted by Crippen LogP contribution is -2.48. The van der Waals surface area contributed by atoms with E-state index in [1.165, 1.54) is 10.7 Å². The van der Waals surface area contributed by atoms with E-state index >= 15 is 0 Å². The minimum absolute atomic E-state index is 0.312. The molecule has 1 atom stereocenters. The average molecular weight is 334 g/mol. The van der Waals surface area contributed by atoms with Crippen molar-refractivity contribution in [3.8, 4) is 5.69 Å². The maximum atomic E-state index is 14.1. The predicted octanol–water partition coefficient (Wildman–Crippen LogP) is 0.608. The van der Waals surface area contributed by atoms with Gasteiger partial charge in [0.1, 0.15) is 11.5 Å². The molecule has 0 amide bonds. The number of rotatable bonds is 5. The molecule has 8 heteroatoms. The van der Waals surface area contributed by atoms with Gasteiger partial charge in [-0.1, -0.05) is 6.07 Å². The molecule has 1 aromatic heterocycles. The van der Waals surface area contributed by atoms with Crippen molar-refractivity contribution in [2.75, 3.05) is 32.7 Å². The Balaban J connectivity index is 1.68. The van der Waals surface area contributed by atoms with E-state index < -0.39 is 0 Å². The highest BCUT2D eigenvalue weighted by Gasteiger charge is 2.21. The van der Waals surface area contributed by atoms with Gasteiger partial charge in [0, 0.05) is 32.7 Å². The Morgan fingerprint density at radius 1 is 1.21 bits per heavy atom. The summed E-state index contributed by atoms with van der Waals surface area (Å²) in [6.07, 6.45) is -0.312. The minimum Gasteiger partial charge on any atom is -0.392 e. The zero-order valence-electron chi connectivity index (χ0n) is 14.1. The van der Waals surface area contributed by atoms with E-state index in [4.69, 9.17) is 0 Å². The lowest BCUT2D eigenvalue weighted by atomic mass is 10.2. The van der Waals surface area contributed by atoms with E-state index in [0.29, 0.717) is 24.6 Å². The number of tetrazole rings is 1. The highest BCUT2D eigenvalue weighted by atomic mass is 19.1. The number of nitrogens with zero attached hydrogens (tertiary/aromatic N) is 6. The van der Waals surface area contributed by atoms with Crippen LogP contribution in [0, 0.1) is 12.7 Å². The molecular weight excluding hydrogens is 311 g/mol. The van der Waals surface area contributed by atoms with Gasteiger partial charge in [-0.2, -0.15) is 4.68 Å². The fourth-order valence-corrected chi connectivity index (χ4v) is 2.98. The maximum absolute atomic E-state index is 14.1. The number of aliphatic hydroxyl groups is 1. The van der Waals surface area contributed by atoms with E-state index in [1.54, 1.807) is 19.1 Å². The molecule has 0 spiro atoms. The number of aryl methyl sites for hydroxylation is 1. The number of β-amino-alcohol motifs (C(OH)–C–C–N with tert-alkyl or cyclic N) is 1. The number of aromatic nitrogens is 4. The molecule has 130 valence electrons. The van der Waals surface area contributed by atoms with E-state index in [1.807, 2.05) is 6.92 Å². The van der Waals surface area contributed by atoms with E-state index in [2.05, 4.69) is 25.3 Å². The summed E-state index contributed by atoms with van der Waals surface area (Å²) >= 11 is 0. The Hall–Kier alpha value is -1.90. The van der Waals surface area contributed by atoms with Gasteiger partial charge in [-0.3, -0.25) is 9.80 Å². The van der Waals surface area contributed by atoms with Crippen LogP contribution in [0.25, 0.3) is 5.69 Å². The number of halogens is 1. The number of benzene rings is 1. The predicted molar refractivity (Wildman–Crippen MR) is 87.2 cm³/mol. The molecule has 0 bridgehead atoms. The maximum Gasteiger partial charge on any atom is 0.170 e. The van der Waals surface area contributed by atoms with Crippen molar-refractivity contribution in [1.82, 2.24) is 30.0 Å². The summed E-state index contributed by atoms with van der Waals surface area (Å²) in [6.45, 7) is 8.51. The molecule has 0 radical (unpaired) electrons. The first kappa shape index (κ1) is 16.9. The van der Waals surface area contributed by atoms with Gasteiger partial charge in [0.25, 0.3) is 0 Å². The van der Waals surface area contributed by atoms with Crippen molar-refractivity contribution >= 4 is 0 Å². The average Bonchev–Trinajstić information content (AvgIpc) is 2.99. The van der Waals surface area contributed by atoms with Crippen molar-refractivity contribution in [1.29, 1.82) is 0 Å². The summed E-state index contributed by atoms with van der Waals surface area (Å²) in [4.78, 5) is 4.48. The third-order valence-electron chi connectivity index (χ3n) is 4.22. The number of hydrogen-bond acceptors (Lipinski definition) is 6. The summed E-state index contributed by atoms with van der Waals surface area (Å²) in [5.41, 5.74) is 1.34. The Kier molecular flexibility index (Phi) is 5.17. The molecule has 1 fully saturated rings. The molecule has 1 N–H and O–H groups in total. The monoisotopic (exact) mass is 334 g/mol. The first-order valence-electron chi connectivity index (χ1n) is 8.19. The van der Waals surface area contributed by atoms with Gasteiger partial charge >= 0.3 is 0 Å². The second kappa shape index (κ2) is 7.33. The molecule has 1 aromatic carbocycles. The molecule has 2 heterocycles. The van der Waals surface area contributed by atoms with Crippen molar-refractivity contribution in [3.63, 3.8) is 0 Å². The summed E-state index contributed by atoms with van der Waals surface area (Å²) in [7, 11) is 0. The molecule has 1 aliphatic rings. The fraction of sp³-hybridized carbons (Fsp3) is 0.562. The summed E-state index contributed by atoms with van der Waals surface area (Å²) in [5.74, 6) is 0.291. The topological polar surface area (TPSA) is 70.3 Å². The highest BCUT2D eigenvalue weighted by molar-refractivity contribution is 5.36. The fourth-order valence-electron chi connectivity index (χ4n) is 2.98. The number of hydrogen-bond donors (Lipinski definition) is 1. The second-order valence-electron chi connectivity index (χ2n) is 6.39. The van der Waals surface area contributed by atoms with E-state index in [0.717, 1.165) is 31.7 Å². The number of piperazine rings is 1. The van der Waals surface area contributed by atoms with Gasteiger partial charge in [-0.25, -0.2) is 4.39 Å². The van der Waals surface area contributed by atoms with Gasteiger partial charge in [-0.05, 0) is 42.0 Å². The quantitative estimate of drug-likeness (QED) is 0.864. The summed E-state index contributed by atoms with van der Waals surface area (Å²) in [5, 5.41) is 21.2. The van der Waals surface area contributed by atoms with Gasteiger partial charge < -0.3 is 5.11 Å². The molecule has 1 unspecified atom stereocenters. The van der Waals surface area contributed by atoms with Gasteiger partial charge in [0.2, 0.25) is 0 Å². The molecule has 0 saturated carbocycles. The van der Waals surface area contributed by atoms with Crippen molar-refractivity contribution in [2.24, 2.45) is 0 Å². The molecule has 1 saturated heterocycles. The van der Waals surface area contributed by atoms with Crippen molar-refractivity contribution < 1.29 is 9.50 Å². The Bertz CT molecular complexity index is 681. The van der Waals surface area contributed by atoms with Crippen LogP contribution in [-0.4, -0.2) is 73.9 Å². The van der Waals surface area contributed by atoms with Crippen molar-refractivity contribution in [3.05, 3.63) is 35.4 Å². The first-order chi connectivity index (χ1) is 11.5. The third kappa shape index (κ3) is 3.95. The second-order valence-corrected chi connectivity index (χ2v) is 6.39. The van der Waals surface area contributed by atoms with Crippen LogP contribution in [0.5, 0.6) is 0 Å². The zero-order chi connectivity index (χ0) is 17.1. The Labute approximate surface area is 140 Å². The molecule has 7 nitrogen and oxygen atoms in total. The highest BCUT2D eigenvalue weighted by Crippen LogP contribution is 2.16. The zero-order valence-corrected chi connectivity index (χ0v) is 14.1. The van der Waals surface area contributed by atoms with Crippen LogP contribution in [0.1, 0.15) is 18.3 Å². The van der Waals surface area contributed by atoms with Crippen LogP contribution in [0.3, 0.4) is 0 Å². The van der Waals surface area contributed by atoms with E-state index in [-0.39, 0.29) is 11.9 Å². The van der Waals surface area contributed by atoms with Crippen LogP contribution < -0.4 is 0 Å².